The van der Waals surface area contributed by atoms with Crippen molar-refractivity contribution in [3.8, 4) is 5.75 Å². The molecule has 156 valence electrons. The highest BCUT2D eigenvalue weighted by Gasteiger charge is 2.32. The summed E-state index contributed by atoms with van der Waals surface area (Å²) in [6, 6.07) is 5.02. The Labute approximate surface area is 165 Å². The number of rotatable bonds is 6. The summed E-state index contributed by atoms with van der Waals surface area (Å²) in [5.41, 5.74) is 0. The van der Waals surface area contributed by atoms with Gasteiger partial charge in [-0.2, -0.15) is 4.31 Å². The summed E-state index contributed by atoms with van der Waals surface area (Å²) in [6.07, 6.45) is 0. The third-order valence-electron chi connectivity index (χ3n) is 4.62. The van der Waals surface area contributed by atoms with E-state index in [0.29, 0.717) is 5.75 Å². The average Bonchev–Trinajstić information content (AvgIpc) is 2.71. The summed E-state index contributed by atoms with van der Waals surface area (Å²) in [5.74, 6) is -0.0667. The smallest absolute Gasteiger partial charge is 0.328 e. The van der Waals surface area contributed by atoms with Crippen LogP contribution in [0.1, 0.15) is 13.8 Å². The zero-order chi connectivity index (χ0) is 20.9. The van der Waals surface area contributed by atoms with E-state index in [0.717, 1.165) is 0 Å². The standard InChI is InChI=1S/C18H27N3O6S/c1-13(2)16(17(22)27-4)19-18(23)20-9-11-21(12-10-20)28(24,25)15-7-5-14(26-3)6-8-15/h5-8,13,16H,9-12H2,1-4H3,(H,19,23)/t16-/m0/s1. The third kappa shape index (κ3) is 4.93. The van der Waals surface area contributed by atoms with E-state index in [-0.39, 0.29) is 37.0 Å². The van der Waals surface area contributed by atoms with Crippen molar-refractivity contribution >= 4 is 22.0 Å². The first-order valence-corrected chi connectivity index (χ1v) is 10.4. The van der Waals surface area contributed by atoms with Gasteiger partial charge in [-0.15, -0.1) is 0 Å². The molecule has 1 N–H and O–H groups in total. The SMILES string of the molecule is COC(=O)[C@@H](NC(=O)N1CCN(S(=O)(=O)c2ccc(OC)cc2)CC1)C(C)C. The van der Waals surface area contributed by atoms with Gasteiger partial charge in [-0.1, -0.05) is 13.8 Å². The van der Waals surface area contributed by atoms with Gasteiger partial charge in [0, 0.05) is 26.2 Å². The normalized spacial score (nSPS) is 16.5. The van der Waals surface area contributed by atoms with Gasteiger partial charge in [0.15, 0.2) is 0 Å². The molecule has 2 amide bonds. The van der Waals surface area contributed by atoms with E-state index < -0.39 is 28.1 Å². The van der Waals surface area contributed by atoms with E-state index in [1.807, 2.05) is 0 Å². The highest BCUT2D eigenvalue weighted by molar-refractivity contribution is 7.89. The largest absolute Gasteiger partial charge is 0.497 e. The number of amides is 2. The topological polar surface area (TPSA) is 105 Å². The molecule has 0 aromatic heterocycles. The number of sulfonamides is 1. The molecule has 1 saturated heterocycles. The Kier molecular flexibility index (Phi) is 7.25. The summed E-state index contributed by atoms with van der Waals surface area (Å²) < 4.78 is 36.6. The highest BCUT2D eigenvalue weighted by atomic mass is 32.2. The van der Waals surface area contributed by atoms with E-state index in [1.54, 1.807) is 26.0 Å². The molecule has 1 fully saturated rings. The lowest BCUT2D eigenvalue weighted by molar-refractivity contribution is -0.144. The first-order chi connectivity index (χ1) is 13.2. The fourth-order valence-corrected chi connectivity index (χ4v) is 4.30. The molecule has 0 radical (unpaired) electrons. The number of hydrogen-bond acceptors (Lipinski definition) is 6. The van der Waals surface area contributed by atoms with Crippen molar-refractivity contribution in [2.45, 2.75) is 24.8 Å². The zero-order valence-corrected chi connectivity index (χ0v) is 17.4. The lowest BCUT2D eigenvalue weighted by atomic mass is 10.1. The van der Waals surface area contributed by atoms with Gasteiger partial charge in [0.05, 0.1) is 19.1 Å². The van der Waals surface area contributed by atoms with Gasteiger partial charge in [-0.3, -0.25) is 0 Å². The quantitative estimate of drug-likeness (QED) is 0.695. The number of nitrogens with zero attached hydrogens (tertiary/aromatic N) is 2. The third-order valence-corrected chi connectivity index (χ3v) is 6.54. The second-order valence-electron chi connectivity index (χ2n) is 6.76. The van der Waals surface area contributed by atoms with Crippen molar-refractivity contribution in [3.05, 3.63) is 24.3 Å². The minimum atomic E-state index is -3.64. The monoisotopic (exact) mass is 413 g/mol. The van der Waals surface area contributed by atoms with E-state index >= 15 is 0 Å². The lowest BCUT2D eigenvalue weighted by Crippen LogP contribution is -2.56. The summed E-state index contributed by atoms with van der Waals surface area (Å²) in [4.78, 5) is 25.9. The molecule has 28 heavy (non-hydrogen) atoms. The molecule has 1 aliphatic rings. The average molecular weight is 413 g/mol. The predicted octanol–water partition coefficient (Wildman–Crippen LogP) is 0.909. The molecule has 0 spiro atoms. The van der Waals surface area contributed by atoms with Crippen LogP contribution in [-0.4, -0.2) is 76.1 Å². The van der Waals surface area contributed by atoms with Gasteiger partial charge in [-0.05, 0) is 30.2 Å². The van der Waals surface area contributed by atoms with Crippen LogP contribution in [0.4, 0.5) is 4.79 Å². The number of esters is 1. The van der Waals surface area contributed by atoms with Gasteiger partial charge >= 0.3 is 12.0 Å². The molecule has 1 heterocycles. The second-order valence-corrected chi connectivity index (χ2v) is 8.70. The number of methoxy groups -OCH3 is 2. The van der Waals surface area contributed by atoms with E-state index in [4.69, 9.17) is 9.47 Å². The van der Waals surface area contributed by atoms with Gasteiger partial charge in [0.25, 0.3) is 0 Å². The van der Waals surface area contributed by atoms with Crippen molar-refractivity contribution in [1.29, 1.82) is 0 Å². The molecule has 0 saturated carbocycles. The summed E-state index contributed by atoms with van der Waals surface area (Å²) >= 11 is 0. The number of nitrogens with one attached hydrogen (secondary N) is 1. The first-order valence-electron chi connectivity index (χ1n) is 8.98. The van der Waals surface area contributed by atoms with Crippen molar-refractivity contribution in [2.75, 3.05) is 40.4 Å². The summed E-state index contributed by atoms with van der Waals surface area (Å²) in [6.45, 7) is 4.42. The Morgan fingerprint density at radius 3 is 2.07 bits per heavy atom. The Morgan fingerprint density at radius 1 is 1.04 bits per heavy atom. The van der Waals surface area contributed by atoms with Crippen molar-refractivity contribution < 1.29 is 27.5 Å². The minimum Gasteiger partial charge on any atom is -0.497 e. The number of carbonyl (C=O) groups is 2. The molecule has 2 rings (SSSR count). The molecule has 1 atom stereocenters. The molecule has 0 unspecified atom stereocenters. The number of piperazine rings is 1. The van der Waals surface area contributed by atoms with Crippen molar-refractivity contribution in [1.82, 2.24) is 14.5 Å². The highest BCUT2D eigenvalue weighted by Crippen LogP contribution is 2.20. The van der Waals surface area contributed by atoms with Crippen LogP contribution in [0.5, 0.6) is 5.75 Å². The van der Waals surface area contributed by atoms with E-state index in [1.165, 1.54) is 35.6 Å². The second kappa shape index (κ2) is 9.24. The van der Waals surface area contributed by atoms with Crippen LogP contribution in [0.15, 0.2) is 29.2 Å². The van der Waals surface area contributed by atoms with Crippen LogP contribution < -0.4 is 10.1 Å². The minimum absolute atomic E-state index is 0.131. The van der Waals surface area contributed by atoms with Gasteiger partial charge in [0.2, 0.25) is 10.0 Å². The van der Waals surface area contributed by atoms with Crippen LogP contribution in [-0.2, 0) is 19.6 Å². The van der Waals surface area contributed by atoms with Gasteiger partial charge < -0.3 is 19.7 Å². The maximum atomic E-state index is 12.8. The first kappa shape index (κ1) is 22.0. The Morgan fingerprint density at radius 2 is 1.61 bits per heavy atom. The lowest BCUT2D eigenvalue weighted by Gasteiger charge is -2.35. The van der Waals surface area contributed by atoms with Crippen LogP contribution in [0.3, 0.4) is 0 Å². The summed E-state index contributed by atoms with van der Waals surface area (Å²) in [5, 5.41) is 2.67. The number of carbonyl (C=O) groups excluding carboxylic acids is 2. The Bertz CT molecular complexity index is 786. The van der Waals surface area contributed by atoms with Crippen LogP contribution >= 0.6 is 0 Å². The number of ether oxygens (including phenoxy) is 2. The van der Waals surface area contributed by atoms with Gasteiger partial charge in [0.1, 0.15) is 11.8 Å². The Balaban J connectivity index is 1.99. The molecule has 1 aromatic carbocycles. The van der Waals surface area contributed by atoms with E-state index in [9.17, 15) is 18.0 Å². The van der Waals surface area contributed by atoms with Gasteiger partial charge in [-0.25, -0.2) is 18.0 Å². The maximum absolute atomic E-state index is 12.8. The molecule has 1 aliphatic heterocycles. The fraction of sp³-hybridized carbons (Fsp3) is 0.556. The predicted molar refractivity (Wildman–Crippen MR) is 102 cm³/mol. The molecule has 0 aliphatic carbocycles. The van der Waals surface area contributed by atoms with Crippen molar-refractivity contribution in [2.24, 2.45) is 5.92 Å². The molecule has 0 bridgehead atoms. The maximum Gasteiger partial charge on any atom is 0.328 e. The fourth-order valence-electron chi connectivity index (χ4n) is 2.88. The molecule has 9 nitrogen and oxygen atoms in total. The molecule has 10 heteroatoms. The molecule has 1 aromatic rings. The summed E-state index contributed by atoms with van der Waals surface area (Å²) in [7, 11) is -0.863. The van der Waals surface area contributed by atoms with Crippen LogP contribution in [0.25, 0.3) is 0 Å². The number of urea groups is 1. The van der Waals surface area contributed by atoms with Crippen LogP contribution in [0.2, 0.25) is 0 Å². The zero-order valence-electron chi connectivity index (χ0n) is 16.5. The number of hydrogen-bond donors (Lipinski definition) is 1. The van der Waals surface area contributed by atoms with Crippen LogP contribution in [0, 0.1) is 5.92 Å². The molecular weight excluding hydrogens is 386 g/mol. The van der Waals surface area contributed by atoms with E-state index in [2.05, 4.69) is 5.32 Å². The Hall–Kier alpha value is -2.33. The van der Waals surface area contributed by atoms with Crippen molar-refractivity contribution in [3.63, 3.8) is 0 Å². The molecular formula is C18H27N3O6S. The number of benzene rings is 1.